The van der Waals surface area contributed by atoms with Crippen LogP contribution in [0.5, 0.6) is 5.75 Å². The molecule has 2 aromatic carbocycles. The number of carbonyl (C=O) groups is 2. The van der Waals surface area contributed by atoms with E-state index in [1.54, 1.807) is 24.3 Å². The summed E-state index contributed by atoms with van der Waals surface area (Å²) in [6, 6.07) is 13.9. The van der Waals surface area contributed by atoms with Crippen LogP contribution < -0.4 is 0 Å². The minimum atomic E-state index is -1.54. The Balaban J connectivity index is 1.84. The van der Waals surface area contributed by atoms with Gasteiger partial charge in [-0.3, -0.25) is 9.59 Å². The summed E-state index contributed by atoms with van der Waals surface area (Å²) in [6.07, 6.45) is 1.44. The van der Waals surface area contributed by atoms with E-state index in [1.807, 2.05) is 25.1 Å². The first-order chi connectivity index (χ1) is 12.4. The third-order valence-electron chi connectivity index (χ3n) is 6.41. The fourth-order valence-electron chi connectivity index (χ4n) is 4.95. The van der Waals surface area contributed by atoms with Crippen LogP contribution in [0.15, 0.2) is 48.5 Å². The molecule has 1 saturated carbocycles. The van der Waals surface area contributed by atoms with Gasteiger partial charge in [0.1, 0.15) is 11.4 Å². The van der Waals surface area contributed by atoms with E-state index in [0.29, 0.717) is 17.5 Å². The number of hydrogen-bond acceptors (Lipinski definition) is 4. The van der Waals surface area contributed by atoms with E-state index in [2.05, 4.69) is 0 Å². The van der Waals surface area contributed by atoms with E-state index >= 15 is 0 Å². The van der Waals surface area contributed by atoms with Gasteiger partial charge in [-0.25, -0.2) is 0 Å². The number of benzene rings is 2. The molecule has 0 spiro atoms. The zero-order valence-electron chi connectivity index (χ0n) is 14.7. The Labute approximate surface area is 152 Å². The van der Waals surface area contributed by atoms with Crippen molar-refractivity contribution in [2.45, 2.75) is 43.6 Å². The molecule has 4 heteroatoms. The van der Waals surface area contributed by atoms with Crippen LogP contribution in [0.25, 0.3) is 0 Å². The third-order valence-corrected chi connectivity index (χ3v) is 6.41. The molecule has 2 aromatic rings. The lowest BCUT2D eigenvalue weighted by molar-refractivity contribution is -0.150. The van der Waals surface area contributed by atoms with Crippen molar-refractivity contribution in [3.8, 4) is 5.75 Å². The fraction of sp³-hybridized carbons (Fsp3) is 0.364. The highest BCUT2D eigenvalue weighted by atomic mass is 16.3. The Hall–Kier alpha value is -2.46. The molecule has 2 N–H and O–H groups in total. The van der Waals surface area contributed by atoms with Crippen LogP contribution in [0, 0.1) is 5.92 Å². The van der Waals surface area contributed by atoms with Crippen molar-refractivity contribution < 1.29 is 19.8 Å². The summed E-state index contributed by atoms with van der Waals surface area (Å²) in [7, 11) is 0. The van der Waals surface area contributed by atoms with Crippen LogP contribution in [-0.2, 0) is 15.8 Å². The van der Waals surface area contributed by atoms with Gasteiger partial charge in [0.2, 0.25) is 0 Å². The Morgan fingerprint density at radius 2 is 1.85 bits per heavy atom. The van der Waals surface area contributed by atoms with Gasteiger partial charge in [0.05, 0.1) is 0 Å². The van der Waals surface area contributed by atoms with Crippen molar-refractivity contribution in [2.75, 3.05) is 0 Å². The average molecular weight is 350 g/mol. The highest BCUT2D eigenvalue weighted by Gasteiger charge is 2.56. The van der Waals surface area contributed by atoms with Crippen LogP contribution in [0.2, 0.25) is 0 Å². The molecule has 2 aliphatic carbocycles. The molecule has 0 aromatic heterocycles. The van der Waals surface area contributed by atoms with Gasteiger partial charge in [0, 0.05) is 23.8 Å². The predicted octanol–water partition coefficient (Wildman–Crippen LogP) is 3.49. The van der Waals surface area contributed by atoms with Crippen LogP contribution in [-0.4, -0.2) is 21.8 Å². The molecule has 2 aliphatic rings. The van der Waals surface area contributed by atoms with Crippen molar-refractivity contribution in [1.29, 1.82) is 0 Å². The maximum atomic E-state index is 13.1. The lowest BCUT2D eigenvalue weighted by Gasteiger charge is -2.51. The SMILES string of the molecule is CC[C@@]12CC(=O)[C@](O)(c3ccccc3)C[C@H]1CC(=O)c1cc(O)ccc12. The zero-order valence-corrected chi connectivity index (χ0v) is 14.7. The summed E-state index contributed by atoms with van der Waals surface area (Å²) in [5.41, 5.74) is -0.0591. The average Bonchev–Trinajstić information content (AvgIpc) is 2.64. The molecule has 0 unspecified atom stereocenters. The van der Waals surface area contributed by atoms with E-state index in [1.165, 1.54) is 6.07 Å². The molecule has 4 nitrogen and oxygen atoms in total. The standard InChI is InChI=1S/C22H22O4/c1-2-21-13-20(25)22(26,14-6-4-3-5-7-14)12-15(21)10-19(24)17-11-16(23)8-9-18(17)21/h3-9,11,15,23,26H,2,10,12-13H2,1H3/t15-,21-,22-/m1/s1. The molecule has 0 heterocycles. The number of rotatable bonds is 2. The summed E-state index contributed by atoms with van der Waals surface area (Å²) >= 11 is 0. The third kappa shape index (κ3) is 2.25. The number of aliphatic hydroxyl groups is 1. The molecule has 0 amide bonds. The Morgan fingerprint density at radius 3 is 2.54 bits per heavy atom. The molecule has 0 radical (unpaired) electrons. The number of phenolic OH excluding ortho intramolecular Hbond substituents is 1. The summed E-state index contributed by atoms with van der Waals surface area (Å²) in [5, 5.41) is 21.0. The second-order valence-electron chi connectivity index (χ2n) is 7.59. The fourth-order valence-corrected chi connectivity index (χ4v) is 4.95. The molecule has 4 rings (SSSR count). The number of aromatic hydroxyl groups is 1. The molecular formula is C22H22O4. The first kappa shape index (κ1) is 17.0. The highest BCUT2D eigenvalue weighted by molar-refractivity contribution is 6.01. The number of carbonyl (C=O) groups excluding carboxylic acids is 2. The van der Waals surface area contributed by atoms with E-state index in [4.69, 9.17) is 0 Å². The minimum absolute atomic E-state index is 0.0327. The smallest absolute Gasteiger partial charge is 0.169 e. The number of fused-ring (bicyclic) bond motifs is 3. The summed E-state index contributed by atoms with van der Waals surface area (Å²) in [6.45, 7) is 2.03. The minimum Gasteiger partial charge on any atom is -0.508 e. The van der Waals surface area contributed by atoms with Crippen molar-refractivity contribution in [3.63, 3.8) is 0 Å². The van der Waals surface area contributed by atoms with E-state index in [-0.39, 0.29) is 42.5 Å². The molecule has 3 atom stereocenters. The second kappa shape index (κ2) is 5.78. The monoisotopic (exact) mass is 350 g/mol. The van der Waals surface area contributed by atoms with Gasteiger partial charge in [0.15, 0.2) is 11.6 Å². The number of Topliss-reactive ketones (excluding diaryl/α,β-unsaturated/α-hetero) is 2. The van der Waals surface area contributed by atoms with Gasteiger partial charge in [-0.15, -0.1) is 0 Å². The molecule has 134 valence electrons. The van der Waals surface area contributed by atoms with Gasteiger partial charge >= 0.3 is 0 Å². The van der Waals surface area contributed by atoms with Crippen molar-refractivity contribution in [2.24, 2.45) is 5.92 Å². The van der Waals surface area contributed by atoms with Gasteiger partial charge < -0.3 is 10.2 Å². The van der Waals surface area contributed by atoms with Crippen LogP contribution >= 0.6 is 0 Å². The van der Waals surface area contributed by atoms with Gasteiger partial charge in [-0.2, -0.15) is 0 Å². The Bertz CT molecular complexity index is 888. The maximum absolute atomic E-state index is 13.1. The summed E-state index contributed by atoms with van der Waals surface area (Å²) in [5.74, 6) is -0.283. The van der Waals surface area contributed by atoms with E-state index in [0.717, 1.165) is 5.56 Å². The van der Waals surface area contributed by atoms with Gasteiger partial charge in [-0.05, 0) is 42.0 Å². The highest BCUT2D eigenvalue weighted by Crippen LogP contribution is 2.55. The van der Waals surface area contributed by atoms with Gasteiger partial charge in [-0.1, -0.05) is 43.3 Å². The van der Waals surface area contributed by atoms with Crippen molar-refractivity contribution in [3.05, 3.63) is 65.2 Å². The molecule has 0 saturated heterocycles. The molecule has 26 heavy (non-hydrogen) atoms. The van der Waals surface area contributed by atoms with Crippen molar-refractivity contribution in [1.82, 2.24) is 0 Å². The Kier molecular flexibility index (Phi) is 3.77. The summed E-state index contributed by atoms with van der Waals surface area (Å²) < 4.78 is 0. The van der Waals surface area contributed by atoms with Crippen LogP contribution in [0.3, 0.4) is 0 Å². The lowest BCUT2D eigenvalue weighted by Crippen LogP contribution is -2.54. The van der Waals surface area contributed by atoms with Crippen molar-refractivity contribution >= 4 is 11.6 Å². The summed E-state index contributed by atoms with van der Waals surface area (Å²) in [4.78, 5) is 25.8. The predicted molar refractivity (Wildman–Crippen MR) is 97.1 cm³/mol. The second-order valence-corrected chi connectivity index (χ2v) is 7.59. The molecular weight excluding hydrogens is 328 g/mol. The lowest BCUT2D eigenvalue weighted by atomic mass is 9.52. The van der Waals surface area contributed by atoms with Crippen LogP contribution in [0.1, 0.15) is 54.1 Å². The number of hydrogen-bond donors (Lipinski definition) is 2. The largest absolute Gasteiger partial charge is 0.508 e. The molecule has 1 fully saturated rings. The van der Waals surface area contributed by atoms with E-state index < -0.39 is 11.0 Å². The van der Waals surface area contributed by atoms with Crippen LogP contribution in [0.4, 0.5) is 0 Å². The Morgan fingerprint density at radius 1 is 1.12 bits per heavy atom. The topological polar surface area (TPSA) is 74.6 Å². The first-order valence-electron chi connectivity index (χ1n) is 9.08. The molecule has 0 aliphatic heterocycles. The first-order valence-corrected chi connectivity index (χ1v) is 9.08. The van der Waals surface area contributed by atoms with E-state index in [9.17, 15) is 19.8 Å². The maximum Gasteiger partial charge on any atom is 0.169 e. The quantitative estimate of drug-likeness (QED) is 0.869. The zero-order chi connectivity index (χ0) is 18.5. The molecule has 0 bridgehead atoms. The number of phenols is 1. The van der Waals surface area contributed by atoms with Gasteiger partial charge in [0.25, 0.3) is 0 Å². The number of ketones is 2. The normalized spacial score (nSPS) is 30.6.